The minimum absolute atomic E-state index is 0.336. The molecule has 0 nitrogen and oxygen atoms in total. The molecule has 0 fully saturated rings. The maximum atomic E-state index is 12.9. The van der Waals surface area contributed by atoms with Crippen molar-refractivity contribution in [2.24, 2.45) is 0 Å². The molecule has 0 unspecified atom stereocenters. The molecule has 0 aliphatic heterocycles. The van der Waals surface area contributed by atoms with Crippen LogP contribution in [0.15, 0.2) is 42.5 Å². The zero-order chi connectivity index (χ0) is 12.3. The van der Waals surface area contributed by atoms with Crippen LogP contribution in [0.3, 0.4) is 0 Å². The molecule has 0 bridgehead atoms. The van der Waals surface area contributed by atoms with Crippen molar-refractivity contribution in [1.29, 1.82) is 0 Å². The van der Waals surface area contributed by atoms with Gasteiger partial charge in [0.1, 0.15) is 5.82 Å². The Balaban J connectivity index is 2.23. The highest BCUT2D eigenvalue weighted by Crippen LogP contribution is 2.12. The van der Waals surface area contributed by atoms with Crippen LogP contribution in [0.4, 0.5) is 13.2 Å². The summed E-state index contributed by atoms with van der Waals surface area (Å²) in [6.07, 6.45) is 3.23. The van der Waals surface area contributed by atoms with Crippen molar-refractivity contribution in [3.8, 4) is 0 Å². The van der Waals surface area contributed by atoms with E-state index in [1.807, 2.05) is 0 Å². The highest BCUT2D eigenvalue weighted by atomic mass is 19.2. The first kappa shape index (κ1) is 11.5. The Morgan fingerprint density at radius 1 is 0.706 bits per heavy atom. The van der Waals surface area contributed by atoms with Gasteiger partial charge >= 0.3 is 0 Å². The van der Waals surface area contributed by atoms with Crippen molar-refractivity contribution < 1.29 is 13.2 Å². The van der Waals surface area contributed by atoms with E-state index in [2.05, 4.69) is 0 Å². The fourth-order valence-electron chi connectivity index (χ4n) is 1.42. The fourth-order valence-corrected chi connectivity index (χ4v) is 1.42. The van der Waals surface area contributed by atoms with Crippen LogP contribution >= 0.6 is 0 Å². The first-order valence-corrected chi connectivity index (χ1v) is 5.04. The first-order chi connectivity index (χ1) is 8.15. The van der Waals surface area contributed by atoms with Crippen LogP contribution in [0.5, 0.6) is 0 Å². The van der Waals surface area contributed by atoms with Crippen LogP contribution in [0.25, 0.3) is 12.2 Å². The molecule has 0 heterocycles. The van der Waals surface area contributed by atoms with Gasteiger partial charge in [-0.05, 0) is 35.4 Å². The van der Waals surface area contributed by atoms with Crippen LogP contribution in [0.1, 0.15) is 11.1 Å². The van der Waals surface area contributed by atoms with Gasteiger partial charge in [-0.1, -0.05) is 30.4 Å². The Morgan fingerprint density at radius 3 is 2.06 bits per heavy atom. The lowest BCUT2D eigenvalue weighted by atomic mass is 10.1. The van der Waals surface area contributed by atoms with Gasteiger partial charge < -0.3 is 0 Å². The lowest BCUT2D eigenvalue weighted by Crippen LogP contribution is -1.83. The summed E-state index contributed by atoms with van der Waals surface area (Å²) >= 11 is 0. The predicted molar refractivity (Wildman–Crippen MR) is 61.7 cm³/mol. The third-order valence-corrected chi connectivity index (χ3v) is 2.26. The third-order valence-electron chi connectivity index (χ3n) is 2.26. The summed E-state index contributed by atoms with van der Waals surface area (Å²) in [5, 5.41) is 0. The van der Waals surface area contributed by atoms with Crippen molar-refractivity contribution in [2.75, 3.05) is 0 Å². The molecule has 0 aliphatic rings. The molecule has 0 aliphatic carbocycles. The van der Waals surface area contributed by atoms with Gasteiger partial charge in [0.25, 0.3) is 0 Å². The minimum Gasteiger partial charge on any atom is -0.207 e. The van der Waals surface area contributed by atoms with Crippen molar-refractivity contribution in [2.45, 2.75) is 0 Å². The molecule has 0 saturated heterocycles. The molecule has 2 aromatic carbocycles. The van der Waals surface area contributed by atoms with Crippen LogP contribution < -0.4 is 0 Å². The Morgan fingerprint density at radius 2 is 1.41 bits per heavy atom. The monoisotopic (exact) mass is 234 g/mol. The second-order valence-electron chi connectivity index (χ2n) is 3.56. The second kappa shape index (κ2) is 4.87. The maximum absolute atomic E-state index is 12.9. The van der Waals surface area contributed by atoms with Gasteiger partial charge in [0.2, 0.25) is 0 Å². The van der Waals surface area contributed by atoms with Gasteiger partial charge in [-0.3, -0.25) is 0 Å². The van der Waals surface area contributed by atoms with E-state index in [4.69, 9.17) is 0 Å². The molecule has 0 aromatic heterocycles. The molecule has 0 N–H and O–H groups in total. The van der Waals surface area contributed by atoms with Crippen molar-refractivity contribution >= 4 is 12.2 Å². The molecule has 0 spiro atoms. The van der Waals surface area contributed by atoms with Crippen LogP contribution in [-0.2, 0) is 0 Å². The van der Waals surface area contributed by atoms with Crippen molar-refractivity contribution in [1.82, 2.24) is 0 Å². The Bertz CT molecular complexity index is 559. The SMILES string of the molecule is Fc1cccc(/C=C/c2ccc(F)c(F)c2)c1. The normalized spacial score (nSPS) is 11.0. The van der Waals surface area contributed by atoms with Gasteiger partial charge in [-0.2, -0.15) is 0 Å². The number of rotatable bonds is 2. The molecule has 3 heteroatoms. The molecule has 0 atom stereocenters. The zero-order valence-corrected chi connectivity index (χ0v) is 8.83. The molecular formula is C14H9F3. The molecule has 0 amide bonds. The maximum Gasteiger partial charge on any atom is 0.159 e. The summed E-state index contributed by atoms with van der Waals surface area (Å²) in [4.78, 5) is 0. The van der Waals surface area contributed by atoms with Crippen LogP contribution in [0.2, 0.25) is 0 Å². The van der Waals surface area contributed by atoms with Gasteiger partial charge in [-0.25, -0.2) is 13.2 Å². The zero-order valence-electron chi connectivity index (χ0n) is 8.83. The highest BCUT2D eigenvalue weighted by Gasteiger charge is 1.99. The summed E-state index contributed by atoms with van der Waals surface area (Å²) in [5.74, 6) is -2.11. The number of hydrogen-bond acceptors (Lipinski definition) is 0. The average molecular weight is 234 g/mol. The number of halogens is 3. The smallest absolute Gasteiger partial charge is 0.159 e. The summed E-state index contributed by atoms with van der Waals surface area (Å²) in [6.45, 7) is 0. The van der Waals surface area contributed by atoms with E-state index in [0.717, 1.165) is 12.1 Å². The second-order valence-corrected chi connectivity index (χ2v) is 3.56. The third kappa shape index (κ3) is 2.97. The van der Waals surface area contributed by atoms with E-state index in [1.54, 1.807) is 24.3 Å². The lowest BCUT2D eigenvalue weighted by molar-refractivity contribution is 0.508. The minimum atomic E-state index is -0.897. The van der Waals surface area contributed by atoms with Crippen molar-refractivity contribution in [3.05, 3.63) is 71.0 Å². The van der Waals surface area contributed by atoms with E-state index in [1.165, 1.54) is 18.2 Å². The summed E-state index contributed by atoms with van der Waals surface area (Å²) in [6, 6.07) is 9.60. The largest absolute Gasteiger partial charge is 0.207 e. The molecular weight excluding hydrogens is 225 g/mol. The summed E-state index contributed by atoms with van der Waals surface area (Å²) in [5.41, 5.74) is 1.18. The topological polar surface area (TPSA) is 0 Å². The molecule has 17 heavy (non-hydrogen) atoms. The van der Waals surface area contributed by atoms with E-state index >= 15 is 0 Å². The molecule has 86 valence electrons. The van der Waals surface area contributed by atoms with Crippen LogP contribution in [0, 0.1) is 17.5 Å². The van der Waals surface area contributed by atoms with E-state index in [0.29, 0.717) is 11.1 Å². The average Bonchev–Trinajstić information content (AvgIpc) is 2.31. The van der Waals surface area contributed by atoms with E-state index in [9.17, 15) is 13.2 Å². The predicted octanol–water partition coefficient (Wildman–Crippen LogP) is 4.27. The van der Waals surface area contributed by atoms with E-state index in [-0.39, 0.29) is 5.82 Å². The Labute approximate surface area is 97.0 Å². The fraction of sp³-hybridized carbons (Fsp3) is 0. The van der Waals surface area contributed by atoms with Crippen LogP contribution in [-0.4, -0.2) is 0 Å². The van der Waals surface area contributed by atoms with E-state index < -0.39 is 11.6 Å². The van der Waals surface area contributed by atoms with Gasteiger partial charge in [0.05, 0.1) is 0 Å². The van der Waals surface area contributed by atoms with Gasteiger partial charge in [0.15, 0.2) is 11.6 Å². The Kier molecular flexibility index (Phi) is 3.28. The summed E-state index contributed by atoms with van der Waals surface area (Å²) in [7, 11) is 0. The first-order valence-electron chi connectivity index (χ1n) is 5.04. The molecule has 0 radical (unpaired) electrons. The quantitative estimate of drug-likeness (QED) is 0.680. The molecule has 2 rings (SSSR count). The highest BCUT2D eigenvalue weighted by molar-refractivity contribution is 5.69. The number of hydrogen-bond donors (Lipinski definition) is 0. The van der Waals surface area contributed by atoms with Gasteiger partial charge in [0, 0.05) is 0 Å². The van der Waals surface area contributed by atoms with Gasteiger partial charge in [-0.15, -0.1) is 0 Å². The number of benzene rings is 2. The molecule has 0 saturated carbocycles. The standard InChI is InChI=1S/C14H9F3/c15-12-3-1-2-10(8-12)4-5-11-6-7-13(16)14(17)9-11/h1-9H/b5-4+. The lowest BCUT2D eigenvalue weighted by Gasteiger charge is -1.96. The summed E-state index contributed by atoms with van der Waals surface area (Å²) < 4.78 is 38.4. The Hall–Kier alpha value is -2.03. The van der Waals surface area contributed by atoms with Crippen molar-refractivity contribution in [3.63, 3.8) is 0 Å². The molecule has 2 aromatic rings.